The maximum Gasteiger partial charge on any atom is 0.223 e. The third kappa shape index (κ3) is 2.22. The van der Waals surface area contributed by atoms with Crippen LogP contribution in [0.2, 0.25) is 0 Å². The van der Waals surface area contributed by atoms with Crippen LogP contribution in [-0.4, -0.2) is 24.5 Å². The number of hydrogen-bond donors (Lipinski definition) is 2. The normalized spacial score (nSPS) is 20.9. The van der Waals surface area contributed by atoms with Gasteiger partial charge in [0.15, 0.2) is 0 Å². The highest BCUT2D eigenvalue weighted by Gasteiger charge is 2.40. The van der Waals surface area contributed by atoms with E-state index in [9.17, 15) is 4.79 Å². The van der Waals surface area contributed by atoms with Gasteiger partial charge in [-0.2, -0.15) is 0 Å². The van der Waals surface area contributed by atoms with E-state index in [1.54, 1.807) is 7.05 Å². The molecule has 1 aromatic carbocycles. The van der Waals surface area contributed by atoms with Gasteiger partial charge in [-0.1, -0.05) is 32.0 Å². The van der Waals surface area contributed by atoms with Gasteiger partial charge in [0.2, 0.25) is 5.91 Å². The van der Waals surface area contributed by atoms with Gasteiger partial charge in [-0.3, -0.25) is 4.79 Å². The largest absolute Gasteiger partial charge is 0.368 e. The van der Waals surface area contributed by atoms with Crippen LogP contribution in [0.25, 0.3) is 10.9 Å². The summed E-state index contributed by atoms with van der Waals surface area (Å²) in [5.41, 5.74) is 4.41. The minimum absolute atomic E-state index is 0.0177. The Morgan fingerprint density at radius 1 is 1.41 bits per heavy atom. The lowest BCUT2D eigenvalue weighted by Crippen LogP contribution is -2.39. The van der Waals surface area contributed by atoms with Crippen LogP contribution >= 0.6 is 0 Å². The van der Waals surface area contributed by atoms with Gasteiger partial charge in [0.1, 0.15) is 5.60 Å². The topological polar surface area (TPSA) is 54.1 Å². The number of amides is 1. The Kier molecular flexibility index (Phi) is 3.96. The molecule has 0 radical (unpaired) electrons. The summed E-state index contributed by atoms with van der Waals surface area (Å²) in [5.74, 6) is 0.0177. The van der Waals surface area contributed by atoms with Crippen molar-refractivity contribution in [3.05, 3.63) is 35.0 Å². The Hall–Kier alpha value is -1.81. The Morgan fingerprint density at radius 3 is 2.91 bits per heavy atom. The van der Waals surface area contributed by atoms with Crippen LogP contribution < -0.4 is 5.32 Å². The van der Waals surface area contributed by atoms with E-state index in [1.807, 2.05) is 0 Å². The molecule has 0 fully saturated rings. The summed E-state index contributed by atoms with van der Waals surface area (Å²) in [4.78, 5) is 15.6. The molecule has 4 heteroatoms. The first kappa shape index (κ1) is 15.1. The fourth-order valence-corrected chi connectivity index (χ4v) is 3.59. The molecule has 1 unspecified atom stereocenters. The van der Waals surface area contributed by atoms with Gasteiger partial charge >= 0.3 is 0 Å². The third-order valence-corrected chi connectivity index (χ3v) is 4.89. The van der Waals surface area contributed by atoms with Crippen molar-refractivity contribution in [1.29, 1.82) is 0 Å². The molecule has 0 aliphatic carbocycles. The number of hydrogen-bond acceptors (Lipinski definition) is 2. The average Bonchev–Trinajstić information content (AvgIpc) is 2.94. The van der Waals surface area contributed by atoms with Crippen molar-refractivity contribution in [2.75, 3.05) is 13.7 Å². The van der Waals surface area contributed by atoms with Crippen LogP contribution in [0.15, 0.2) is 18.2 Å². The highest BCUT2D eigenvalue weighted by Crippen LogP contribution is 2.42. The van der Waals surface area contributed by atoms with E-state index in [-0.39, 0.29) is 5.91 Å². The Balaban J connectivity index is 2.18. The van der Waals surface area contributed by atoms with Crippen molar-refractivity contribution in [3.63, 3.8) is 0 Å². The van der Waals surface area contributed by atoms with Crippen molar-refractivity contribution < 1.29 is 9.53 Å². The van der Waals surface area contributed by atoms with Gasteiger partial charge in [0.25, 0.3) is 0 Å². The zero-order chi connectivity index (χ0) is 15.7. The van der Waals surface area contributed by atoms with Crippen LogP contribution in [-0.2, 0) is 28.0 Å². The molecule has 22 heavy (non-hydrogen) atoms. The lowest BCUT2D eigenvalue weighted by Gasteiger charge is -2.36. The molecule has 0 saturated carbocycles. The fourth-order valence-electron chi connectivity index (χ4n) is 3.59. The van der Waals surface area contributed by atoms with Crippen molar-refractivity contribution in [2.24, 2.45) is 0 Å². The van der Waals surface area contributed by atoms with Gasteiger partial charge in [-0.05, 0) is 30.4 Å². The SMILES string of the molecule is CCc1cccc2c3c([nH]c12)C(CC)(CC(=O)NC)OCC3. The quantitative estimate of drug-likeness (QED) is 0.912. The number of carbonyl (C=O) groups is 1. The predicted octanol–water partition coefficient (Wildman–Crippen LogP) is 3.04. The lowest BCUT2D eigenvalue weighted by atomic mass is 9.86. The molecular weight excluding hydrogens is 276 g/mol. The summed E-state index contributed by atoms with van der Waals surface area (Å²) in [7, 11) is 1.68. The second kappa shape index (κ2) is 5.76. The van der Waals surface area contributed by atoms with E-state index in [0.29, 0.717) is 13.0 Å². The number of aromatic amines is 1. The molecule has 2 N–H and O–H groups in total. The molecule has 118 valence electrons. The smallest absolute Gasteiger partial charge is 0.223 e. The van der Waals surface area contributed by atoms with Crippen LogP contribution in [0.1, 0.15) is 43.5 Å². The maximum absolute atomic E-state index is 12.0. The minimum Gasteiger partial charge on any atom is -0.368 e. The Labute approximate surface area is 131 Å². The van der Waals surface area contributed by atoms with Gasteiger partial charge < -0.3 is 15.0 Å². The number of carbonyl (C=O) groups excluding carboxylic acids is 1. The van der Waals surface area contributed by atoms with E-state index < -0.39 is 5.60 Å². The lowest BCUT2D eigenvalue weighted by molar-refractivity contribution is -0.132. The number of benzene rings is 1. The van der Waals surface area contributed by atoms with Crippen LogP contribution in [0.5, 0.6) is 0 Å². The minimum atomic E-state index is -0.530. The molecule has 3 rings (SSSR count). The number of H-pyrrole nitrogens is 1. The van der Waals surface area contributed by atoms with Crippen molar-refractivity contribution in [3.8, 4) is 0 Å². The number of fused-ring (bicyclic) bond motifs is 3. The molecule has 1 aliphatic heterocycles. The maximum atomic E-state index is 12.0. The molecule has 0 bridgehead atoms. The molecule has 4 nitrogen and oxygen atoms in total. The van der Waals surface area contributed by atoms with Crippen molar-refractivity contribution in [1.82, 2.24) is 10.3 Å². The highest BCUT2D eigenvalue weighted by atomic mass is 16.5. The number of aromatic nitrogens is 1. The second-order valence-corrected chi connectivity index (χ2v) is 5.97. The average molecular weight is 300 g/mol. The molecule has 0 spiro atoms. The summed E-state index contributed by atoms with van der Waals surface area (Å²) in [6.45, 7) is 4.92. The predicted molar refractivity (Wildman–Crippen MR) is 88.0 cm³/mol. The summed E-state index contributed by atoms with van der Waals surface area (Å²) >= 11 is 0. The van der Waals surface area contributed by atoms with Gasteiger partial charge in [0.05, 0.1) is 18.7 Å². The molecule has 0 saturated heterocycles. The standard InChI is InChI=1S/C18H24N2O2/c1-4-12-7-6-8-13-14-9-10-22-18(5-2,11-15(21)19-3)17(14)20-16(12)13/h6-8,20H,4-5,9-11H2,1-3H3,(H,19,21). The first-order valence-electron chi connectivity index (χ1n) is 8.12. The van der Waals surface area contributed by atoms with E-state index in [4.69, 9.17) is 4.74 Å². The summed E-state index contributed by atoms with van der Waals surface area (Å²) in [5, 5.41) is 4.01. The van der Waals surface area contributed by atoms with Crippen LogP contribution in [0.3, 0.4) is 0 Å². The van der Waals surface area contributed by atoms with E-state index in [1.165, 1.54) is 22.0 Å². The third-order valence-electron chi connectivity index (χ3n) is 4.89. The zero-order valence-electron chi connectivity index (χ0n) is 13.6. The molecular formula is C18H24N2O2. The molecule has 2 aromatic rings. The monoisotopic (exact) mass is 300 g/mol. The van der Waals surface area contributed by atoms with Crippen molar-refractivity contribution in [2.45, 2.75) is 45.1 Å². The number of para-hydroxylation sites is 1. The molecule has 1 aromatic heterocycles. The Bertz CT molecular complexity index is 704. The zero-order valence-corrected chi connectivity index (χ0v) is 13.6. The molecule has 2 heterocycles. The fraction of sp³-hybridized carbons (Fsp3) is 0.500. The Morgan fingerprint density at radius 2 is 2.23 bits per heavy atom. The van der Waals surface area contributed by atoms with Gasteiger partial charge in [0, 0.05) is 18.0 Å². The first-order valence-corrected chi connectivity index (χ1v) is 8.12. The molecule has 1 amide bonds. The van der Waals surface area contributed by atoms with Gasteiger partial charge in [-0.25, -0.2) is 0 Å². The van der Waals surface area contributed by atoms with Gasteiger partial charge in [-0.15, -0.1) is 0 Å². The van der Waals surface area contributed by atoms with E-state index >= 15 is 0 Å². The number of aryl methyl sites for hydroxylation is 1. The van der Waals surface area contributed by atoms with E-state index in [0.717, 1.165) is 25.0 Å². The summed E-state index contributed by atoms with van der Waals surface area (Å²) in [6, 6.07) is 6.46. The number of rotatable bonds is 4. The summed E-state index contributed by atoms with van der Waals surface area (Å²) < 4.78 is 6.12. The number of ether oxygens (including phenoxy) is 1. The number of nitrogens with one attached hydrogen (secondary N) is 2. The van der Waals surface area contributed by atoms with Crippen LogP contribution in [0.4, 0.5) is 0 Å². The highest BCUT2D eigenvalue weighted by molar-refractivity contribution is 5.88. The van der Waals surface area contributed by atoms with Crippen LogP contribution in [0, 0.1) is 0 Å². The summed E-state index contributed by atoms with van der Waals surface area (Å²) in [6.07, 6.45) is 3.03. The molecule has 1 aliphatic rings. The second-order valence-electron chi connectivity index (χ2n) is 5.97. The molecule has 1 atom stereocenters. The van der Waals surface area contributed by atoms with E-state index in [2.05, 4.69) is 42.3 Å². The van der Waals surface area contributed by atoms with Crippen molar-refractivity contribution >= 4 is 16.8 Å². The first-order chi connectivity index (χ1) is 10.6.